The lowest BCUT2D eigenvalue weighted by Gasteiger charge is -2.05. The molecular weight excluding hydrogens is 144 g/mol. The summed E-state index contributed by atoms with van der Waals surface area (Å²) < 4.78 is 0. The third kappa shape index (κ3) is 1.73. The SMILES string of the molecule is NNOc1ccc(N)cc1N. The minimum absolute atomic E-state index is 0.447. The van der Waals surface area contributed by atoms with Gasteiger partial charge in [0.2, 0.25) is 0 Å². The number of anilines is 2. The maximum absolute atomic E-state index is 5.51. The Kier molecular flexibility index (Phi) is 2.15. The highest BCUT2D eigenvalue weighted by atomic mass is 16.7. The molecular formula is C6H10N4O. The van der Waals surface area contributed by atoms with Crippen LogP contribution >= 0.6 is 0 Å². The molecule has 0 spiro atoms. The van der Waals surface area contributed by atoms with Crippen LogP contribution in [0.5, 0.6) is 5.75 Å². The van der Waals surface area contributed by atoms with Gasteiger partial charge < -0.3 is 16.3 Å². The molecule has 5 nitrogen and oxygen atoms in total. The molecule has 0 aliphatic carbocycles. The second-order valence-corrected chi connectivity index (χ2v) is 2.02. The molecule has 5 heteroatoms. The maximum Gasteiger partial charge on any atom is 0.171 e. The van der Waals surface area contributed by atoms with Gasteiger partial charge in [-0.25, -0.2) is 5.84 Å². The molecule has 0 fully saturated rings. The van der Waals surface area contributed by atoms with E-state index in [0.29, 0.717) is 17.1 Å². The zero-order valence-electron chi connectivity index (χ0n) is 5.87. The smallest absolute Gasteiger partial charge is 0.171 e. The fourth-order valence-corrected chi connectivity index (χ4v) is 0.723. The molecule has 0 bridgehead atoms. The Balaban J connectivity index is 2.90. The topological polar surface area (TPSA) is 99.3 Å². The predicted octanol–water partition coefficient (Wildman–Crippen LogP) is -0.392. The summed E-state index contributed by atoms with van der Waals surface area (Å²) in [6.45, 7) is 0. The van der Waals surface area contributed by atoms with E-state index in [1.165, 1.54) is 0 Å². The van der Waals surface area contributed by atoms with Crippen LogP contribution < -0.4 is 27.7 Å². The molecule has 7 N–H and O–H groups in total. The average Bonchev–Trinajstić information content (AvgIpc) is 1.95. The normalized spacial score (nSPS) is 9.55. The van der Waals surface area contributed by atoms with Crippen molar-refractivity contribution in [1.82, 2.24) is 5.59 Å². The molecule has 0 unspecified atom stereocenters. The minimum Gasteiger partial charge on any atom is -0.399 e. The van der Waals surface area contributed by atoms with Crippen molar-refractivity contribution in [3.8, 4) is 5.75 Å². The number of hydrogen-bond donors (Lipinski definition) is 4. The van der Waals surface area contributed by atoms with Crippen molar-refractivity contribution in [3.63, 3.8) is 0 Å². The molecule has 0 aromatic heterocycles. The summed E-state index contributed by atoms with van der Waals surface area (Å²) >= 11 is 0. The lowest BCUT2D eigenvalue weighted by atomic mass is 10.3. The van der Waals surface area contributed by atoms with Crippen LogP contribution in [0.15, 0.2) is 18.2 Å². The Hall–Kier alpha value is -1.46. The Bertz CT molecular complexity index is 250. The van der Waals surface area contributed by atoms with Gasteiger partial charge in [0.25, 0.3) is 0 Å². The molecule has 0 saturated heterocycles. The van der Waals surface area contributed by atoms with E-state index in [2.05, 4.69) is 0 Å². The molecule has 0 amide bonds. The van der Waals surface area contributed by atoms with E-state index >= 15 is 0 Å². The minimum atomic E-state index is 0.447. The molecule has 60 valence electrons. The molecule has 1 aromatic rings. The molecule has 0 heterocycles. The van der Waals surface area contributed by atoms with Crippen molar-refractivity contribution >= 4 is 11.4 Å². The fourth-order valence-electron chi connectivity index (χ4n) is 0.723. The van der Waals surface area contributed by atoms with Gasteiger partial charge >= 0.3 is 0 Å². The van der Waals surface area contributed by atoms with Gasteiger partial charge in [-0.05, 0) is 18.2 Å². The van der Waals surface area contributed by atoms with E-state index in [9.17, 15) is 0 Å². The molecule has 0 aliphatic rings. The second kappa shape index (κ2) is 3.09. The van der Waals surface area contributed by atoms with Crippen LogP contribution in [0.2, 0.25) is 0 Å². The van der Waals surface area contributed by atoms with E-state index in [4.69, 9.17) is 22.1 Å². The van der Waals surface area contributed by atoms with Gasteiger partial charge in [0.1, 0.15) is 0 Å². The first kappa shape index (κ1) is 7.64. The summed E-state index contributed by atoms with van der Waals surface area (Å²) in [6, 6.07) is 4.89. The van der Waals surface area contributed by atoms with Crippen LogP contribution in [0.3, 0.4) is 0 Å². The Labute approximate surface area is 64.0 Å². The molecule has 0 aliphatic heterocycles. The predicted molar refractivity (Wildman–Crippen MR) is 43.2 cm³/mol. The first-order chi connectivity index (χ1) is 5.24. The van der Waals surface area contributed by atoms with Crippen LogP contribution in [0.25, 0.3) is 0 Å². The zero-order chi connectivity index (χ0) is 8.27. The lowest BCUT2D eigenvalue weighted by molar-refractivity contribution is 0.200. The molecule has 0 saturated carbocycles. The Morgan fingerprint density at radius 1 is 1.27 bits per heavy atom. The molecule has 11 heavy (non-hydrogen) atoms. The summed E-state index contributed by atoms with van der Waals surface area (Å²) in [7, 11) is 0. The van der Waals surface area contributed by atoms with E-state index in [-0.39, 0.29) is 0 Å². The number of nitrogens with two attached hydrogens (primary N) is 3. The van der Waals surface area contributed by atoms with Gasteiger partial charge in [-0.2, -0.15) is 0 Å². The third-order valence-corrected chi connectivity index (χ3v) is 1.20. The maximum atomic E-state index is 5.51. The van der Waals surface area contributed by atoms with Crippen molar-refractivity contribution in [3.05, 3.63) is 18.2 Å². The van der Waals surface area contributed by atoms with Crippen LogP contribution in [0.4, 0.5) is 11.4 Å². The summed E-state index contributed by atoms with van der Waals surface area (Å²) in [5, 5.41) is 0. The summed E-state index contributed by atoms with van der Waals surface area (Å²) in [5.74, 6) is 5.37. The van der Waals surface area contributed by atoms with Gasteiger partial charge in [0, 0.05) is 5.69 Å². The lowest BCUT2D eigenvalue weighted by Crippen LogP contribution is -2.26. The number of benzene rings is 1. The highest BCUT2D eigenvalue weighted by molar-refractivity contribution is 5.60. The summed E-state index contributed by atoms with van der Waals surface area (Å²) in [6.07, 6.45) is 0. The number of nitrogen functional groups attached to an aromatic ring is 2. The summed E-state index contributed by atoms with van der Waals surface area (Å²) in [5.41, 5.74) is 14.0. The van der Waals surface area contributed by atoms with Gasteiger partial charge in [-0.3, -0.25) is 0 Å². The fraction of sp³-hybridized carbons (Fsp3) is 0. The number of rotatable bonds is 2. The first-order valence-corrected chi connectivity index (χ1v) is 3.01. The monoisotopic (exact) mass is 154 g/mol. The quantitative estimate of drug-likeness (QED) is 0.264. The van der Waals surface area contributed by atoms with E-state index in [1.54, 1.807) is 18.2 Å². The van der Waals surface area contributed by atoms with Gasteiger partial charge in [0.05, 0.1) is 5.69 Å². The highest BCUT2D eigenvalue weighted by Gasteiger charge is 1.98. The molecule has 1 aromatic carbocycles. The number of hydrogen-bond acceptors (Lipinski definition) is 5. The zero-order valence-corrected chi connectivity index (χ0v) is 5.87. The van der Waals surface area contributed by atoms with Crippen molar-refractivity contribution in [1.29, 1.82) is 0 Å². The van der Waals surface area contributed by atoms with Crippen molar-refractivity contribution in [2.45, 2.75) is 0 Å². The summed E-state index contributed by atoms with van der Waals surface area (Å²) in [4.78, 5) is 4.74. The van der Waals surface area contributed by atoms with Crippen molar-refractivity contribution in [2.24, 2.45) is 5.84 Å². The van der Waals surface area contributed by atoms with E-state index < -0.39 is 0 Å². The van der Waals surface area contributed by atoms with E-state index in [1.807, 2.05) is 5.59 Å². The standard InChI is InChI=1S/C6H10N4O/c7-4-1-2-6(11-10-9)5(8)3-4/h1-3,10H,7-9H2. The van der Waals surface area contributed by atoms with Crippen LogP contribution in [0.1, 0.15) is 0 Å². The van der Waals surface area contributed by atoms with Crippen LogP contribution in [-0.4, -0.2) is 0 Å². The number of hydrazine groups is 1. The second-order valence-electron chi connectivity index (χ2n) is 2.02. The molecule has 0 atom stereocenters. The van der Waals surface area contributed by atoms with Gasteiger partial charge in [-0.1, -0.05) is 5.59 Å². The Morgan fingerprint density at radius 2 is 2.00 bits per heavy atom. The van der Waals surface area contributed by atoms with Crippen molar-refractivity contribution in [2.75, 3.05) is 11.5 Å². The molecule has 1 rings (SSSR count). The van der Waals surface area contributed by atoms with E-state index in [0.717, 1.165) is 0 Å². The highest BCUT2D eigenvalue weighted by Crippen LogP contribution is 2.22. The third-order valence-electron chi connectivity index (χ3n) is 1.20. The van der Waals surface area contributed by atoms with Crippen LogP contribution in [-0.2, 0) is 0 Å². The van der Waals surface area contributed by atoms with Gasteiger partial charge in [-0.15, -0.1) is 0 Å². The Morgan fingerprint density at radius 3 is 2.55 bits per heavy atom. The van der Waals surface area contributed by atoms with Crippen molar-refractivity contribution < 1.29 is 4.84 Å². The number of nitrogens with one attached hydrogen (secondary N) is 1. The largest absolute Gasteiger partial charge is 0.399 e. The van der Waals surface area contributed by atoms with Crippen LogP contribution in [0, 0.1) is 0 Å². The molecule has 0 radical (unpaired) electrons. The van der Waals surface area contributed by atoms with Gasteiger partial charge in [0.15, 0.2) is 5.75 Å². The average molecular weight is 154 g/mol. The first-order valence-electron chi connectivity index (χ1n) is 3.01.